The van der Waals surface area contributed by atoms with Gasteiger partial charge in [0.1, 0.15) is 5.82 Å². The van der Waals surface area contributed by atoms with Crippen LogP contribution in [-0.2, 0) is 4.74 Å². The Bertz CT molecular complexity index is 787. The van der Waals surface area contributed by atoms with Gasteiger partial charge in [0.05, 0.1) is 28.9 Å². The molecule has 130 valence electrons. The van der Waals surface area contributed by atoms with Gasteiger partial charge >= 0.3 is 5.97 Å². The number of aromatic nitrogens is 1. The van der Waals surface area contributed by atoms with Crippen LogP contribution in [0.1, 0.15) is 33.6 Å². The number of carbonyl (C=O) groups excluding carboxylic acids is 2. The highest BCUT2D eigenvalue weighted by molar-refractivity contribution is 6.34. The molecule has 0 unspecified atom stereocenters. The molecule has 1 N–H and O–H groups in total. The molecule has 0 atom stereocenters. The Morgan fingerprint density at radius 3 is 2.52 bits per heavy atom. The number of hydrogen-bond donors (Lipinski definition) is 1. The molecule has 3 rings (SSSR count). The molecule has 0 radical (unpaired) electrons. The van der Waals surface area contributed by atoms with Gasteiger partial charge in [0.25, 0.3) is 5.91 Å². The summed E-state index contributed by atoms with van der Waals surface area (Å²) in [5, 5.41) is 3.04. The number of anilines is 2. The van der Waals surface area contributed by atoms with Gasteiger partial charge in [-0.05, 0) is 43.2 Å². The number of benzene rings is 1. The van der Waals surface area contributed by atoms with E-state index in [9.17, 15) is 9.59 Å². The first-order chi connectivity index (χ1) is 12.1. The molecular weight excluding hydrogens is 342 g/mol. The second kappa shape index (κ2) is 7.53. The Hall–Kier alpha value is -2.60. The molecular formula is C18H18ClN3O3. The first-order valence-electron chi connectivity index (χ1n) is 7.98. The molecule has 1 aromatic carbocycles. The molecule has 0 bridgehead atoms. The van der Waals surface area contributed by atoms with E-state index in [2.05, 4.69) is 19.9 Å². The number of methoxy groups -OCH3 is 1. The van der Waals surface area contributed by atoms with Crippen LogP contribution in [-0.4, -0.2) is 37.1 Å². The Kier molecular flexibility index (Phi) is 5.19. The number of rotatable bonds is 4. The minimum Gasteiger partial charge on any atom is -0.465 e. The third-order valence-corrected chi connectivity index (χ3v) is 4.41. The van der Waals surface area contributed by atoms with Crippen LogP contribution in [0.5, 0.6) is 0 Å². The average molecular weight is 360 g/mol. The predicted molar refractivity (Wildman–Crippen MR) is 96.4 cm³/mol. The van der Waals surface area contributed by atoms with E-state index in [0.717, 1.165) is 18.9 Å². The second-order valence-corrected chi connectivity index (χ2v) is 6.15. The highest BCUT2D eigenvalue weighted by Gasteiger charge is 2.15. The quantitative estimate of drug-likeness (QED) is 0.847. The highest BCUT2D eigenvalue weighted by Crippen LogP contribution is 2.24. The lowest BCUT2D eigenvalue weighted by molar-refractivity contribution is 0.0600. The molecule has 1 amide bonds. The summed E-state index contributed by atoms with van der Waals surface area (Å²) in [6.07, 6.45) is 3.87. The molecule has 0 saturated carbocycles. The monoisotopic (exact) mass is 359 g/mol. The lowest BCUT2D eigenvalue weighted by atomic mass is 10.2. The first kappa shape index (κ1) is 17.2. The molecule has 2 heterocycles. The Balaban J connectivity index is 1.74. The van der Waals surface area contributed by atoms with Gasteiger partial charge in [-0.25, -0.2) is 9.78 Å². The Morgan fingerprint density at radius 1 is 1.16 bits per heavy atom. The maximum absolute atomic E-state index is 12.4. The molecule has 1 aliphatic heterocycles. The fourth-order valence-electron chi connectivity index (χ4n) is 2.71. The van der Waals surface area contributed by atoms with E-state index in [1.807, 2.05) is 6.07 Å². The molecule has 25 heavy (non-hydrogen) atoms. The van der Waals surface area contributed by atoms with Crippen LogP contribution in [0, 0.1) is 0 Å². The summed E-state index contributed by atoms with van der Waals surface area (Å²) in [4.78, 5) is 30.6. The van der Waals surface area contributed by atoms with Crippen LogP contribution in [0.15, 0.2) is 36.5 Å². The number of nitrogens with one attached hydrogen (secondary N) is 1. The summed E-state index contributed by atoms with van der Waals surface area (Å²) in [7, 11) is 1.29. The van der Waals surface area contributed by atoms with Gasteiger partial charge < -0.3 is 15.0 Å². The number of amides is 1. The maximum atomic E-state index is 12.4. The van der Waals surface area contributed by atoms with Gasteiger partial charge in [-0.15, -0.1) is 0 Å². The number of halogens is 1. The standard InChI is InChI=1S/C18H18ClN3O3/c1-25-18(24)12-4-6-14(19)15(10-12)21-17(23)13-5-7-16(20-11-13)22-8-2-3-9-22/h4-7,10-11H,2-3,8-9H2,1H3,(H,21,23). The molecule has 1 saturated heterocycles. The van der Waals surface area contributed by atoms with Crippen molar-refractivity contribution in [3.05, 3.63) is 52.7 Å². The van der Waals surface area contributed by atoms with Crippen molar-refractivity contribution in [1.29, 1.82) is 0 Å². The molecule has 1 fully saturated rings. The Morgan fingerprint density at radius 2 is 1.88 bits per heavy atom. The third kappa shape index (κ3) is 3.91. The normalized spacial score (nSPS) is 13.6. The zero-order chi connectivity index (χ0) is 17.8. The van der Waals surface area contributed by atoms with Gasteiger partial charge in [0.15, 0.2) is 0 Å². The molecule has 0 spiro atoms. The van der Waals surface area contributed by atoms with Crippen LogP contribution in [0.25, 0.3) is 0 Å². The lowest BCUT2D eigenvalue weighted by Gasteiger charge is -2.16. The van der Waals surface area contributed by atoms with Crippen LogP contribution >= 0.6 is 11.6 Å². The molecule has 2 aromatic rings. The van der Waals surface area contributed by atoms with Crippen molar-refractivity contribution in [3.63, 3.8) is 0 Å². The van der Waals surface area contributed by atoms with Gasteiger partial charge in [-0.2, -0.15) is 0 Å². The predicted octanol–water partition coefficient (Wildman–Crippen LogP) is 3.37. The van der Waals surface area contributed by atoms with Gasteiger partial charge in [0, 0.05) is 19.3 Å². The number of ether oxygens (including phenoxy) is 1. The number of esters is 1. The summed E-state index contributed by atoms with van der Waals surface area (Å²) >= 11 is 6.10. The van der Waals surface area contributed by atoms with Crippen LogP contribution in [0.4, 0.5) is 11.5 Å². The van der Waals surface area contributed by atoms with Gasteiger partial charge in [-0.3, -0.25) is 4.79 Å². The van der Waals surface area contributed by atoms with E-state index in [1.165, 1.54) is 38.2 Å². The third-order valence-electron chi connectivity index (χ3n) is 4.08. The summed E-state index contributed by atoms with van der Waals surface area (Å²) in [5.74, 6) is 0.0351. The zero-order valence-electron chi connectivity index (χ0n) is 13.8. The van der Waals surface area contributed by atoms with Crippen LogP contribution in [0.2, 0.25) is 5.02 Å². The van der Waals surface area contributed by atoms with Crippen molar-refractivity contribution < 1.29 is 14.3 Å². The SMILES string of the molecule is COC(=O)c1ccc(Cl)c(NC(=O)c2ccc(N3CCCC3)nc2)c1. The number of pyridine rings is 1. The summed E-state index contributed by atoms with van der Waals surface area (Å²) in [6, 6.07) is 8.13. The van der Waals surface area contributed by atoms with Crippen molar-refractivity contribution in [2.45, 2.75) is 12.8 Å². The van der Waals surface area contributed by atoms with Crippen molar-refractivity contribution in [2.75, 3.05) is 30.4 Å². The number of hydrogen-bond acceptors (Lipinski definition) is 5. The van der Waals surface area contributed by atoms with E-state index in [1.54, 1.807) is 12.3 Å². The lowest BCUT2D eigenvalue weighted by Crippen LogP contribution is -2.19. The van der Waals surface area contributed by atoms with Crippen molar-refractivity contribution in [1.82, 2.24) is 4.98 Å². The molecule has 6 nitrogen and oxygen atoms in total. The first-order valence-corrected chi connectivity index (χ1v) is 8.36. The molecule has 1 aliphatic rings. The largest absolute Gasteiger partial charge is 0.465 e. The summed E-state index contributed by atoms with van der Waals surface area (Å²) in [6.45, 7) is 1.99. The van der Waals surface area contributed by atoms with Crippen molar-refractivity contribution in [3.8, 4) is 0 Å². The van der Waals surface area contributed by atoms with Crippen LogP contribution in [0.3, 0.4) is 0 Å². The minimum absolute atomic E-state index is 0.310. The van der Waals surface area contributed by atoms with E-state index >= 15 is 0 Å². The molecule has 0 aliphatic carbocycles. The van der Waals surface area contributed by atoms with E-state index < -0.39 is 5.97 Å². The number of carbonyl (C=O) groups is 2. The molecule has 7 heteroatoms. The zero-order valence-corrected chi connectivity index (χ0v) is 14.5. The van der Waals surface area contributed by atoms with Gasteiger partial charge in [-0.1, -0.05) is 11.6 Å². The summed E-state index contributed by atoms with van der Waals surface area (Å²) < 4.78 is 4.67. The van der Waals surface area contributed by atoms with E-state index in [0.29, 0.717) is 21.8 Å². The molecule has 1 aromatic heterocycles. The van der Waals surface area contributed by atoms with Gasteiger partial charge in [0.2, 0.25) is 0 Å². The average Bonchev–Trinajstić information content (AvgIpc) is 3.17. The van der Waals surface area contributed by atoms with E-state index in [4.69, 9.17) is 11.6 Å². The maximum Gasteiger partial charge on any atom is 0.337 e. The topological polar surface area (TPSA) is 71.5 Å². The van der Waals surface area contributed by atoms with E-state index in [-0.39, 0.29) is 5.91 Å². The second-order valence-electron chi connectivity index (χ2n) is 5.74. The fraction of sp³-hybridized carbons (Fsp3) is 0.278. The van der Waals surface area contributed by atoms with Crippen molar-refractivity contribution >= 4 is 35.0 Å². The number of nitrogens with zero attached hydrogens (tertiary/aromatic N) is 2. The summed E-state index contributed by atoms with van der Waals surface area (Å²) in [5.41, 5.74) is 1.07. The fourth-order valence-corrected chi connectivity index (χ4v) is 2.88. The minimum atomic E-state index is -0.496. The van der Waals surface area contributed by atoms with Crippen molar-refractivity contribution in [2.24, 2.45) is 0 Å². The highest BCUT2D eigenvalue weighted by atomic mass is 35.5. The Labute approximate surface area is 150 Å². The smallest absolute Gasteiger partial charge is 0.337 e. The van der Waals surface area contributed by atoms with Crippen LogP contribution < -0.4 is 10.2 Å².